The number of nitrogens with zero attached hydrogens (tertiary/aromatic N) is 2. The van der Waals surface area contributed by atoms with Crippen LogP contribution in [0.5, 0.6) is 0 Å². The number of nitrogens with one attached hydrogen (secondary N) is 1. The van der Waals surface area contributed by atoms with Crippen LogP contribution in [0.4, 0.5) is 0 Å². The van der Waals surface area contributed by atoms with Crippen LogP contribution in [0.2, 0.25) is 0 Å². The molecule has 0 bridgehead atoms. The molecule has 50 valence electrons. The smallest absolute Gasteiger partial charge is 0.271 e. The lowest BCUT2D eigenvalue weighted by atomic mass is 10.6. The van der Waals surface area contributed by atoms with E-state index in [4.69, 9.17) is 5.41 Å². The molecule has 0 aliphatic rings. The molecule has 0 spiro atoms. The fourth-order valence-electron chi connectivity index (χ4n) is 0.948. The molecule has 2 aromatic heterocycles. The van der Waals surface area contributed by atoms with E-state index >= 15 is 0 Å². The van der Waals surface area contributed by atoms with Crippen LogP contribution in [-0.2, 0) is 0 Å². The van der Waals surface area contributed by atoms with Crippen LogP contribution in [-0.4, -0.2) is 9.03 Å². The predicted molar refractivity (Wildman–Crippen MR) is 34.2 cm³/mol. The molecule has 0 saturated carbocycles. The molecule has 2 aromatic rings. The van der Waals surface area contributed by atoms with Crippen molar-refractivity contribution in [3.05, 3.63) is 40.4 Å². The van der Waals surface area contributed by atoms with Gasteiger partial charge in [0.2, 0.25) is 0 Å². The average Bonchev–Trinajstić information content (AvgIpc) is 2.41. The second-order valence-electron chi connectivity index (χ2n) is 2.04. The molecular formula is C6H5N3O. The van der Waals surface area contributed by atoms with Gasteiger partial charge in [0.15, 0.2) is 0 Å². The van der Waals surface area contributed by atoms with Crippen molar-refractivity contribution in [3.63, 3.8) is 0 Å². The average molecular weight is 135 g/mol. The summed E-state index contributed by atoms with van der Waals surface area (Å²) in [6.45, 7) is 0. The van der Waals surface area contributed by atoms with E-state index in [-0.39, 0.29) is 5.56 Å². The third-order valence-corrected chi connectivity index (χ3v) is 1.44. The quantitative estimate of drug-likeness (QED) is 0.511. The van der Waals surface area contributed by atoms with Crippen molar-refractivity contribution in [3.8, 4) is 0 Å². The topological polar surface area (TPSA) is 49.7 Å². The normalized spacial score (nSPS) is 10.8. The van der Waals surface area contributed by atoms with Crippen LogP contribution in [0, 0.1) is 5.41 Å². The Morgan fingerprint density at radius 2 is 1.90 bits per heavy atom. The first-order chi connectivity index (χ1) is 4.79. The monoisotopic (exact) mass is 135 g/mol. The van der Waals surface area contributed by atoms with Crippen molar-refractivity contribution >= 4 is 0 Å². The van der Waals surface area contributed by atoms with Crippen LogP contribution in [0.3, 0.4) is 0 Å². The minimum Gasteiger partial charge on any atom is -0.283 e. The van der Waals surface area contributed by atoms with Crippen molar-refractivity contribution in [1.29, 1.82) is 5.41 Å². The summed E-state index contributed by atoms with van der Waals surface area (Å²) in [4.78, 5) is 10.9. The summed E-state index contributed by atoms with van der Waals surface area (Å²) in [6.07, 6.45) is 3.15. The van der Waals surface area contributed by atoms with E-state index in [0.29, 0.717) is 5.49 Å². The lowest BCUT2D eigenvalue weighted by Crippen LogP contribution is -2.12. The summed E-state index contributed by atoms with van der Waals surface area (Å²) in [5.74, 6) is 0. The zero-order valence-electron chi connectivity index (χ0n) is 5.11. The van der Waals surface area contributed by atoms with E-state index < -0.39 is 0 Å². The van der Waals surface area contributed by atoms with E-state index in [1.165, 1.54) is 15.1 Å². The van der Waals surface area contributed by atoms with E-state index in [9.17, 15) is 4.79 Å². The summed E-state index contributed by atoms with van der Waals surface area (Å²) < 4.78 is 2.85. The molecule has 0 atom stereocenters. The number of aromatic nitrogens is 2. The number of rotatable bonds is 0. The maximum absolute atomic E-state index is 10.9. The third kappa shape index (κ3) is 0.452. The molecule has 0 unspecified atom stereocenters. The summed E-state index contributed by atoms with van der Waals surface area (Å²) in [7, 11) is 0. The Hall–Kier alpha value is -1.58. The molecule has 10 heavy (non-hydrogen) atoms. The van der Waals surface area contributed by atoms with Crippen molar-refractivity contribution in [2.45, 2.75) is 0 Å². The summed E-state index contributed by atoms with van der Waals surface area (Å²) in [5.41, 5.74) is 0.223. The SMILES string of the molecule is N=c1ccn2c(=O)ccn12. The van der Waals surface area contributed by atoms with E-state index in [1.54, 1.807) is 18.5 Å². The molecule has 4 heteroatoms. The van der Waals surface area contributed by atoms with E-state index in [1.807, 2.05) is 0 Å². The second-order valence-corrected chi connectivity index (χ2v) is 2.04. The zero-order valence-corrected chi connectivity index (χ0v) is 5.11. The Bertz CT molecular complexity index is 409. The number of hydrogen-bond acceptors (Lipinski definition) is 2. The lowest BCUT2D eigenvalue weighted by Gasteiger charge is -1.80. The largest absolute Gasteiger partial charge is 0.283 e. The van der Waals surface area contributed by atoms with Gasteiger partial charge < -0.3 is 0 Å². The molecule has 2 heterocycles. The first-order valence-electron chi connectivity index (χ1n) is 2.86. The number of hydrogen-bond donors (Lipinski definition) is 1. The highest BCUT2D eigenvalue weighted by atomic mass is 16.1. The van der Waals surface area contributed by atoms with Gasteiger partial charge in [0, 0.05) is 24.5 Å². The van der Waals surface area contributed by atoms with Gasteiger partial charge in [0.05, 0.1) is 0 Å². The van der Waals surface area contributed by atoms with Gasteiger partial charge in [-0.1, -0.05) is 0 Å². The van der Waals surface area contributed by atoms with Gasteiger partial charge in [-0.3, -0.25) is 10.2 Å². The highest BCUT2D eigenvalue weighted by Gasteiger charge is 1.95. The van der Waals surface area contributed by atoms with E-state index in [2.05, 4.69) is 0 Å². The molecule has 1 N–H and O–H groups in total. The van der Waals surface area contributed by atoms with Gasteiger partial charge in [-0.2, -0.15) is 0 Å². The molecular weight excluding hydrogens is 130 g/mol. The highest BCUT2D eigenvalue weighted by molar-refractivity contribution is 4.92. The van der Waals surface area contributed by atoms with Crippen molar-refractivity contribution in [2.24, 2.45) is 0 Å². The van der Waals surface area contributed by atoms with Crippen LogP contribution in [0.1, 0.15) is 0 Å². The lowest BCUT2D eigenvalue weighted by molar-refractivity contribution is 0.785. The Labute approximate surface area is 55.8 Å². The van der Waals surface area contributed by atoms with Gasteiger partial charge in [0.25, 0.3) is 5.56 Å². The van der Waals surface area contributed by atoms with E-state index in [0.717, 1.165) is 0 Å². The summed E-state index contributed by atoms with van der Waals surface area (Å²) in [5, 5.41) is 7.26. The van der Waals surface area contributed by atoms with Gasteiger partial charge in [0.1, 0.15) is 5.49 Å². The molecule has 2 rings (SSSR count). The van der Waals surface area contributed by atoms with Gasteiger partial charge in [-0.05, 0) is 0 Å². The zero-order chi connectivity index (χ0) is 7.14. The van der Waals surface area contributed by atoms with Gasteiger partial charge in [-0.25, -0.2) is 9.03 Å². The minimum absolute atomic E-state index is 0.0986. The molecule has 0 radical (unpaired) electrons. The van der Waals surface area contributed by atoms with Crippen molar-refractivity contribution in [2.75, 3.05) is 0 Å². The second kappa shape index (κ2) is 1.47. The van der Waals surface area contributed by atoms with Crippen LogP contribution < -0.4 is 11.0 Å². The molecule has 4 nitrogen and oxygen atoms in total. The fraction of sp³-hybridized carbons (Fsp3) is 0. The number of fused-ring (bicyclic) bond motifs is 1. The van der Waals surface area contributed by atoms with Crippen molar-refractivity contribution in [1.82, 2.24) is 9.03 Å². The maximum atomic E-state index is 10.9. The Morgan fingerprint density at radius 3 is 2.60 bits per heavy atom. The molecule has 0 aliphatic carbocycles. The van der Waals surface area contributed by atoms with Gasteiger partial charge >= 0.3 is 0 Å². The van der Waals surface area contributed by atoms with Crippen LogP contribution in [0.15, 0.2) is 29.3 Å². The summed E-state index contributed by atoms with van der Waals surface area (Å²) >= 11 is 0. The highest BCUT2D eigenvalue weighted by Crippen LogP contribution is 1.77. The molecule has 0 aliphatic heterocycles. The first kappa shape index (κ1) is 5.22. The fourth-order valence-corrected chi connectivity index (χ4v) is 0.948. The summed E-state index contributed by atoms with van der Waals surface area (Å²) in [6, 6.07) is 3.00. The van der Waals surface area contributed by atoms with Crippen LogP contribution in [0.25, 0.3) is 0 Å². The molecule has 0 amide bonds. The Balaban J connectivity index is 3.24. The molecule has 0 fully saturated rings. The standard InChI is InChI=1S/C6H5N3O/c7-5-1-3-9-6(10)2-4-8(5)9/h1-4,7H. The molecule has 0 aromatic carbocycles. The maximum Gasteiger partial charge on any atom is 0.271 e. The first-order valence-corrected chi connectivity index (χ1v) is 2.86. The minimum atomic E-state index is -0.0986. The molecule has 0 saturated heterocycles. The Kier molecular flexibility index (Phi) is 0.768. The van der Waals surface area contributed by atoms with Gasteiger partial charge in [-0.15, -0.1) is 0 Å². The van der Waals surface area contributed by atoms with Crippen molar-refractivity contribution < 1.29 is 0 Å². The Morgan fingerprint density at radius 1 is 1.20 bits per heavy atom. The predicted octanol–water partition coefficient (Wildman–Crippen LogP) is -0.684. The van der Waals surface area contributed by atoms with Crippen LogP contribution >= 0.6 is 0 Å². The third-order valence-electron chi connectivity index (χ3n) is 1.44.